The van der Waals surface area contributed by atoms with Crippen molar-refractivity contribution in [3.05, 3.63) is 194 Å². The Hall–Kier alpha value is -7.80. The normalized spacial score (nSPS) is 11.7. The van der Waals surface area contributed by atoms with Crippen LogP contribution >= 0.6 is 11.3 Å². The van der Waals surface area contributed by atoms with Gasteiger partial charge >= 0.3 is 0 Å². The average molecular weight is 785 g/mol. The number of thiophene rings is 1. The third-order valence-electron chi connectivity index (χ3n) is 11.3. The molecular weight excluding hydrogens is 753 g/mol. The number of aromatic nitrogens is 4. The number of benzene rings is 9. The van der Waals surface area contributed by atoms with Crippen molar-refractivity contribution in [2.75, 3.05) is 0 Å². The zero-order valence-electron chi connectivity index (χ0n) is 32.1. The smallest absolute Gasteiger partial charge is 0.227 e. The lowest BCUT2D eigenvalue weighted by Gasteiger charge is -2.14. The Labute approximate surface area is 348 Å². The summed E-state index contributed by atoms with van der Waals surface area (Å²) in [5.41, 5.74) is 9.40. The fourth-order valence-corrected chi connectivity index (χ4v) is 9.66. The summed E-state index contributed by atoms with van der Waals surface area (Å²) in [5, 5.41) is 6.80. The molecule has 0 atom stereocenters. The fraction of sp³-hybridized carbons (Fsp3) is 0. The molecule has 0 spiro atoms. The molecule has 0 fully saturated rings. The predicted octanol–water partition coefficient (Wildman–Crippen LogP) is 14.7. The number of nitrogens with zero attached hydrogens (tertiary/aromatic N) is 4. The second-order valence-electron chi connectivity index (χ2n) is 15.0. The molecule has 12 rings (SSSR count). The van der Waals surface area contributed by atoms with E-state index < -0.39 is 0 Å². The van der Waals surface area contributed by atoms with Crippen LogP contribution in [0.5, 0.6) is 0 Å². The number of hydrogen-bond acceptors (Lipinski definition) is 6. The molecule has 60 heavy (non-hydrogen) atoms. The van der Waals surface area contributed by atoms with E-state index in [0.29, 0.717) is 23.4 Å². The second-order valence-corrected chi connectivity index (χ2v) is 16.1. The van der Waals surface area contributed by atoms with Crippen molar-refractivity contribution in [2.45, 2.75) is 0 Å². The molecule has 280 valence electrons. The van der Waals surface area contributed by atoms with E-state index in [1.54, 1.807) is 11.3 Å². The predicted molar refractivity (Wildman–Crippen MR) is 248 cm³/mol. The van der Waals surface area contributed by atoms with E-state index in [1.807, 2.05) is 42.5 Å². The Morgan fingerprint density at radius 1 is 0.367 bits per heavy atom. The van der Waals surface area contributed by atoms with E-state index in [2.05, 4.69) is 152 Å². The molecule has 0 radical (unpaired) electrons. The molecule has 0 amide bonds. The van der Waals surface area contributed by atoms with Gasteiger partial charge in [0, 0.05) is 48.0 Å². The molecule has 0 unspecified atom stereocenters. The molecule has 0 saturated carbocycles. The van der Waals surface area contributed by atoms with Crippen molar-refractivity contribution in [3.8, 4) is 67.9 Å². The van der Waals surface area contributed by atoms with Gasteiger partial charge in [0.05, 0.1) is 0 Å². The summed E-state index contributed by atoms with van der Waals surface area (Å²) >= 11 is 1.78. The minimum Gasteiger partial charge on any atom is -0.435 e. The van der Waals surface area contributed by atoms with Crippen molar-refractivity contribution < 1.29 is 4.42 Å². The summed E-state index contributed by atoms with van der Waals surface area (Å²) in [6.07, 6.45) is 0. The Bertz CT molecular complexity index is 3610. The molecule has 9 aromatic carbocycles. The van der Waals surface area contributed by atoms with E-state index in [-0.39, 0.29) is 0 Å². The molecule has 12 aromatic rings. The first-order chi connectivity index (χ1) is 29.7. The van der Waals surface area contributed by atoms with Crippen LogP contribution in [0.2, 0.25) is 0 Å². The lowest BCUT2D eigenvalue weighted by atomic mass is 9.92. The van der Waals surface area contributed by atoms with Gasteiger partial charge in [0.2, 0.25) is 5.89 Å². The maximum atomic E-state index is 6.97. The largest absolute Gasteiger partial charge is 0.435 e. The quantitative estimate of drug-likeness (QED) is 0.168. The minimum absolute atomic E-state index is 0.585. The topological polar surface area (TPSA) is 64.7 Å². The molecule has 0 aliphatic carbocycles. The van der Waals surface area contributed by atoms with Crippen molar-refractivity contribution in [3.63, 3.8) is 0 Å². The molecule has 0 N–H and O–H groups in total. The van der Waals surface area contributed by atoms with Crippen LogP contribution in [0.4, 0.5) is 0 Å². The molecular formula is C54H32N4OS. The zero-order chi connectivity index (χ0) is 39.6. The molecule has 0 bridgehead atoms. The highest BCUT2D eigenvalue weighted by atomic mass is 32.1. The van der Waals surface area contributed by atoms with E-state index in [9.17, 15) is 0 Å². The third-order valence-corrected chi connectivity index (χ3v) is 12.4. The molecule has 6 heteroatoms. The van der Waals surface area contributed by atoms with Crippen LogP contribution in [0.25, 0.3) is 121 Å². The van der Waals surface area contributed by atoms with E-state index in [1.165, 1.54) is 15.5 Å². The SMILES string of the molecule is c1ccc(-c2nc(-c3cc(-c4c5oc(-c6ccc7ccccc7c6)nc5cc5sc6ccccc6c45)c4ccccc4c3)nc(-c3ccccc3-c3ccccc3)n2)cc1. The average Bonchev–Trinajstić information content (AvgIpc) is 3.92. The lowest BCUT2D eigenvalue weighted by Crippen LogP contribution is -2.01. The Balaban J connectivity index is 1.14. The van der Waals surface area contributed by atoms with Crippen LogP contribution in [0.15, 0.2) is 199 Å². The standard InChI is InChI=1S/C54H32N4OS/c1-3-16-34(17-4-1)40-22-11-12-24-42(40)53-57-51(35-18-5-2-6-19-35)56-52(58-53)39-30-37-21-9-10-23-41(37)44(31-39)49-48-43-25-13-14-26-46(43)60-47(48)32-45-50(49)59-54(55-45)38-28-27-33-15-7-8-20-36(33)29-38/h1-32H. The number of fused-ring (bicyclic) bond motifs is 6. The van der Waals surface area contributed by atoms with Crippen LogP contribution in [0.3, 0.4) is 0 Å². The van der Waals surface area contributed by atoms with Gasteiger partial charge in [-0.3, -0.25) is 0 Å². The lowest BCUT2D eigenvalue weighted by molar-refractivity contribution is 0.621. The monoisotopic (exact) mass is 784 g/mol. The third kappa shape index (κ3) is 5.76. The van der Waals surface area contributed by atoms with Crippen LogP contribution in [0.1, 0.15) is 0 Å². The fourth-order valence-electron chi connectivity index (χ4n) is 8.51. The maximum absolute atomic E-state index is 6.97. The highest BCUT2D eigenvalue weighted by molar-refractivity contribution is 7.26. The Kier molecular flexibility index (Phi) is 7.96. The number of rotatable bonds is 6. The molecule has 5 nitrogen and oxygen atoms in total. The van der Waals surface area contributed by atoms with Gasteiger partial charge in [-0.05, 0) is 74.6 Å². The van der Waals surface area contributed by atoms with Crippen molar-refractivity contribution in [1.29, 1.82) is 0 Å². The molecule has 0 aliphatic rings. The number of hydrogen-bond donors (Lipinski definition) is 0. The van der Waals surface area contributed by atoms with Gasteiger partial charge < -0.3 is 4.42 Å². The highest BCUT2D eigenvalue weighted by Crippen LogP contribution is 2.48. The van der Waals surface area contributed by atoms with Crippen molar-refractivity contribution >= 4 is 64.2 Å². The summed E-state index contributed by atoms with van der Waals surface area (Å²) in [6.45, 7) is 0. The first-order valence-electron chi connectivity index (χ1n) is 20.0. The van der Waals surface area contributed by atoms with Gasteiger partial charge in [-0.15, -0.1) is 11.3 Å². The summed E-state index contributed by atoms with van der Waals surface area (Å²) in [6, 6.07) is 67.4. The first-order valence-corrected chi connectivity index (χ1v) is 20.8. The van der Waals surface area contributed by atoms with Gasteiger partial charge in [0.15, 0.2) is 23.1 Å². The van der Waals surface area contributed by atoms with E-state index in [4.69, 9.17) is 24.4 Å². The molecule has 0 saturated heterocycles. The Morgan fingerprint density at radius 3 is 1.80 bits per heavy atom. The van der Waals surface area contributed by atoms with Crippen molar-refractivity contribution in [2.24, 2.45) is 0 Å². The number of oxazole rings is 1. The van der Waals surface area contributed by atoms with E-state index in [0.717, 1.165) is 81.9 Å². The van der Waals surface area contributed by atoms with Gasteiger partial charge in [0.1, 0.15) is 5.52 Å². The molecule has 3 aromatic heterocycles. The zero-order valence-corrected chi connectivity index (χ0v) is 32.9. The van der Waals surface area contributed by atoms with Crippen LogP contribution < -0.4 is 0 Å². The highest BCUT2D eigenvalue weighted by Gasteiger charge is 2.24. The summed E-state index contributed by atoms with van der Waals surface area (Å²) < 4.78 is 9.33. The van der Waals surface area contributed by atoms with Crippen LogP contribution in [-0.4, -0.2) is 19.9 Å². The van der Waals surface area contributed by atoms with Gasteiger partial charge in [-0.2, -0.15) is 0 Å². The van der Waals surface area contributed by atoms with Gasteiger partial charge in [0.25, 0.3) is 0 Å². The minimum atomic E-state index is 0.585. The Morgan fingerprint density at radius 2 is 0.983 bits per heavy atom. The summed E-state index contributed by atoms with van der Waals surface area (Å²) in [4.78, 5) is 20.9. The van der Waals surface area contributed by atoms with Crippen LogP contribution in [-0.2, 0) is 0 Å². The molecule has 3 heterocycles. The van der Waals surface area contributed by atoms with Gasteiger partial charge in [-0.25, -0.2) is 19.9 Å². The maximum Gasteiger partial charge on any atom is 0.227 e. The van der Waals surface area contributed by atoms with Crippen molar-refractivity contribution in [1.82, 2.24) is 19.9 Å². The second kappa shape index (κ2) is 13.9. The van der Waals surface area contributed by atoms with Gasteiger partial charge in [-0.1, -0.05) is 158 Å². The molecule has 0 aliphatic heterocycles. The summed E-state index contributed by atoms with van der Waals surface area (Å²) in [5.74, 6) is 2.39. The van der Waals surface area contributed by atoms with Crippen LogP contribution in [0, 0.1) is 0 Å². The van der Waals surface area contributed by atoms with E-state index >= 15 is 0 Å². The first kappa shape index (κ1) is 34.3. The summed E-state index contributed by atoms with van der Waals surface area (Å²) in [7, 11) is 0.